The van der Waals surface area contributed by atoms with Gasteiger partial charge in [-0.2, -0.15) is 0 Å². The number of fused-ring (bicyclic) bond motifs is 1. The van der Waals surface area contributed by atoms with Gasteiger partial charge in [0.1, 0.15) is 19.0 Å². The lowest BCUT2D eigenvalue weighted by Gasteiger charge is -2.23. The van der Waals surface area contributed by atoms with Crippen molar-refractivity contribution < 1.29 is 19.0 Å². The van der Waals surface area contributed by atoms with Crippen LogP contribution in [-0.2, 0) is 6.54 Å². The minimum Gasteiger partial charge on any atom is -0.497 e. The molecule has 4 rings (SSSR count). The van der Waals surface area contributed by atoms with E-state index in [-0.39, 0.29) is 5.91 Å². The van der Waals surface area contributed by atoms with Gasteiger partial charge in [-0.3, -0.25) is 9.69 Å². The maximum atomic E-state index is 13.0. The molecule has 0 N–H and O–H groups in total. The molecular formula is C22H26N2O4. The fourth-order valence-corrected chi connectivity index (χ4v) is 3.68. The van der Waals surface area contributed by atoms with Crippen LogP contribution in [0.4, 0.5) is 0 Å². The zero-order valence-electron chi connectivity index (χ0n) is 16.2. The maximum Gasteiger partial charge on any atom is 0.254 e. The van der Waals surface area contributed by atoms with E-state index in [0.29, 0.717) is 30.3 Å². The molecular weight excluding hydrogens is 356 g/mol. The minimum absolute atomic E-state index is 0.0586. The minimum atomic E-state index is 0.0586. The van der Waals surface area contributed by atoms with Crippen LogP contribution >= 0.6 is 0 Å². The van der Waals surface area contributed by atoms with Gasteiger partial charge in [0.25, 0.3) is 5.91 Å². The molecule has 6 heteroatoms. The van der Waals surface area contributed by atoms with E-state index in [0.717, 1.165) is 44.9 Å². The van der Waals surface area contributed by atoms with Gasteiger partial charge in [-0.15, -0.1) is 0 Å². The lowest BCUT2D eigenvalue weighted by atomic mass is 10.1. The SMILES string of the molecule is COc1ccc(CN2CCCN(C(=O)c3ccc4c(c3)OCCO4)CC2)cc1. The van der Waals surface area contributed by atoms with Gasteiger partial charge in [0.2, 0.25) is 0 Å². The molecule has 2 aliphatic heterocycles. The first-order valence-electron chi connectivity index (χ1n) is 9.77. The van der Waals surface area contributed by atoms with E-state index in [1.807, 2.05) is 29.2 Å². The lowest BCUT2D eigenvalue weighted by Crippen LogP contribution is -2.35. The van der Waals surface area contributed by atoms with E-state index in [4.69, 9.17) is 14.2 Å². The summed E-state index contributed by atoms with van der Waals surface area (Å²) in [4.78, 5) is 17.3. The molecule has 1 saturated heterocycles. The molecule has 148 valence electrons. The molecule has 6 nitrogen and oxygen atoms in total. The zero-order valence-corrected chi connectivity index (χ0v) is 16.2. The average Bonchev–Trinajstić information content (AvgIpc) is 2.99. The number of carbonyl (C=O) groups excluding carboxylic acids is 1. The fraction of sp³-hybridized carbons (Fsp3) is 0.409. The highest BCUT2D eigenvalue weighted by atomic mass is 16.6. The van der Waals surface area contributed by atoms with Crippen LogP contribution in [0.3, 0.4) is 0 Å². The lowest BCUT2D eigenvalue weighted by molar-refractivity contribution is 0.0760. The molecule has 2 aromatic carbocycles. The summed E-state index contributed by atoms with van der Waals surface area (Å²) in [5, 5.41) is 0. The Balaban J connectivity index is 1.37. The zero-order chi connectivity index (χ0) is 19.3. The van der Waals surface area contributed by atoms with E-state index in [1.165, 1.54) is 5.56 Å². The number of amides is 1. The third-order valence-corrected chi connectivity index (χ3v) is 5.23. The third-order valence-electron chi connectivity index (χ3n) is 5.23. The summed E-state index contributed by atoms with van der Waals surface area (Å²) in [5.41, 5.74) is 1.92. The summed E-state index contributed by atoms with van der Waals surface area (Å²) in [7, 11) is 1.68. The first-order chi connectivity index (χ1) is 13.7. The Hall–Kier alpha value is -2.73. The van der Waals surface area contributed by atoms with Crippen LogP contribution in [0.2, 0.25) is 0 Å². The molecule has 0 atom stereocenters. The Bertz CT molecular complexity index is 822. The van der Waals surface area contributed by atoms with Crippen molar-refractivity contribution in [2.75, 3.05) is 46.5 Å². The Morgan fingerprint density at radius 3 is 2.54 bits per heavy atom. The van der Waals surface area contributed by atoms with Crippen molar-refractivity contribution in [1.29, 1.82) is 0 Å². The van der Waals surface area contributed by atoms with Gasteiger partial charge in [-0.1, -0.05) is 12.1 Å². The summed E-state index contributed by atoms with van der Waals surface area (Å²) in [6.45, 7) is 5.30. The summed E-state index contributed by atoms with van der Waals surface area (Å²) in [6, 6.07) is 13.6. The van der Waals surface area contributed by atoms with Gasteiger partial charge >= 0.3 is 0 Å². The molecule has 0 bridgehead atoms. The second kappa shape index (κ2) is 8.52. The molecule has 2 heterocycles. The second-order valence-corrected chi connectivity index (χ2v) is 7.13. The second-order valence-electron chi connectivity index (χ2n) is 7.13. The predicted molar refractivity (Wildman–Crippen MR) is 106 cm³/mol. The number of hydrogen-bond donors (Lipinski definition) is 0. The predicted octanol–water partition coefficient (Wildman–Crippen LogP) is 2.81. The number of nitrogens with zero attached hydrogens (tertiary/aromatic N) is 2. The van der Waals surface area contributed by atoms with Crippen LogP contribution in [0, 0.1) is 0 Å². The highest BCUT2D eigenvalue weighted by Gasteiger charge is 2.22. The summed E-state index contributed by atoms with van der Waals surface area (Å²) >= 11 is 0. The fourth-order valence-electron chi connectivity index (χ4n) is 3.68. The van der Waals surface area contributed by atoms with Crippen LogP contribution in [0.25, 0.3) is 0 Å². The van der Waals surface area contributed by atoms with Crippen LogP contribution < -0.4 is 14.2 Å². The van der Waals surface area contributed by atoms with Gasteiger partial charge < -0.3 is 19.1 Å². The molecule has 0 aliphatic carbocycles. The molecule has 2 aromatic rings. The van der Waals surface area contributed by atoms with Crippen molar-refractivity contribution in [1.82, 2.24) is 9.80 Å². The number of ether oxygens (including phenoxy) is 3. The van der Waals surface area contributed by atoms with Crippen molar-refractivity contribution in [3.63, 3.8) is 0 Å². The summed E-state index contributed by atoms with van der Waals surface area (Å²) in [5.74, 6) is 2.30. The smallest absolute Gasteiger partial charge is 0.254 e. The largest absolute Gasteiger partial charge is 0.497 e. The monoisotopic (exact) mass is 382 g/mol. The molecule has 28 heavy (non-hydrogen) atoms. The van der Waals surface area contributed by atoms with Crippen LogP contribution in [0.15, 0.2) is 42.5 Å². The van der Waals surface area contributed by atoms with Crippen molar-refractivity contribution in [3.8, 4) is 17.2 Å². The van der Waals surface area contributed by atoms with Crippen molar-refractivity contribution in [3.05, 3.63) is 53.6 Å². The number of carbonyl (C=O) groups is 1. The molecule has 0 saturated carbocycles. The molecule has 1 fully saturated rings. The van der Waals surface area contributed by atoms with Crippen LogP contribution in [-0.4, -0.2) is 62.2 Å². The van der Waals surface area contributed by atoms with Gasteiger partial charge in [0, 0.05) is 38.3 Å². The van der Waals surface area contributed by atoms with E-state index in [1.54, 1.807) is 13.2 Å². The van der Waals surface area contributed by atoms with Crippen molar-refractivity contribution >= 4 is 5.91 Å². The number of benzene rings is 2. The van der Waals surface area contributed by atoms with E-state index in [2.05, 4.69) is 17.0 Å². The van der Waals surface area contributed by atoms with E-state index >= 15 is 0 Å². The van der Waals surface area contributed by atoms with E-state index in [9.17, 15) is 4.79 Å². The normalized spacial score (nSPS) is 17.1. The molecule has 0 spiro atoms. The molecule has 0 radical (unpaired) electrons. The highest BCUT2D eigenvalue weighted by molar-refractivity contribution is 5.95. The Morgan fingerprint density at radius 2 is 1.75 bits per heavy atom. The molecule has 1 amide bonds. The van der Waals surface area contributed by atoms with Gasteiger partial charge in [-0.25, -0.2) is 0 Å². The standard InChI is InChI=1S/C22H26N2O4/c1-26-19-6-3-17(4-7-19)16-23-9-2-10-24(12-11-23)22(25)18-5-8-20-21(15-18)28-14-13-27-20/h3-8,15H,2,9-14,16H2,1H3. The quantitative estimate of drug-likeness (QED) is 0.814. The molecule has 0 unspecified atom stereocenters. The van der Waals surface area contributed by atoms with Crippen LogP contribution in [0.1, 0.15) is 22.3 Å². The highest BCUT2D eigenvalue weighted by Crippen LogP contribution is 2.31. The first kappa shape index (κ1) is 18.6. The van der Waals surface area contributed by atoms with Gasteiger partial charge in [0.15, 0.2) is 11.5 Å². The Labute approximate surface area is 165 Å². The maximum absolute atomic E-state index is 13.0. The topological polar surface area (TPSA) is 51.2 Å². The number of rotatable bonds is 4. The molecule has 0 aromatic heterocycles. The van der Waals surface area contributed by atoms with Crippen LogP contribution in [0.5, 0.6) is 17.2 Å². The Morgan fingerprint density at radius 1 is 0.964 bits per heavy atom. The van der Waals surface area contributed by atoms with Gasteiger partial charge in [-0.05, 0) is 42.3 Å². The Kier molecular flexibility index (Phi) is 5.67. The third kappa shape index (κ3) is 4.22. The van der Waals surface area contributed by atoms with E-state index < -0.39 is 0 Å². The number of hydrogen-bond acceptors (Lipinski definition) is 5. The molecule has 2 aliphatic rings. The number of methoxy groups -OCH3 is 1. The van der Waals surface area contributed by atoms with Crippen molar-refractivity contribution in [2.24, 2.45) is 0 Å². The summed E-state index contributed by atoms with van der Waals surface area (Å²) in [6.07, 6.45) is 0.965. The average molecular weight is 382 g/mol. The van der Waals surface area contributed by atoms with Crippen molar-refractivity contribution in [2.45, 2.75) is 13.0 Å². The first-order valence-corrected chi connectivity index (χ1v) is 9.77. The van der Waals surface area contributed by atoms with Gasteiger partial charge in [0.05, 0.1) is 7.11 Å². The summed E-state index contributed by atoms with van der Waals surface area (Å²) < 4.78 is 16.4.